The monoisotopic (exact) mass is 408 g/mol. The predicted octanol–water partition coefficient (Wildman–Crippen LogP) is 4.04. The molecule has 0 aromatic heterocycles. The van der Waals surface area contributed by atoms with Crippen molar-refractivity contribution in [3.63, 3.8) is 0 Å². The molecule has 1 unspecified atom stereocenters. The van der Waals surface area contributed by atoms with Crippen LogP contribution in [0, 0.1) is 10.8 Å². The summed E-state index contributed by atoms with van der Waals surface area (Å²) in [5.41, 5.74) is 7.94. The lowest BCUT2D eigenvalue weighted by atomic mass is 9.74. The Balaban J connectivity index is 1.79. The molecular formula is C25H32N2O3. The van der Waals surface area contributed by atoms with E-state index in [-0.39, 0.29) is 11.8 Å². The fraction of sp³-hybridized carbons (Fsp3) is 0.440. The summed E-state index contributed by atoms with van der Waals surface area (Å²) in [6.45, 7) is 6.80. The summed E-state index contributed by atoms with van der Waals surface area (Å²) in [5.74, 6) is 0.571. The fourth-order valence-electron chi connectivity index (χ4n) is 4.20. The number of piperidine rings is 1. The molecule has 1 saturated heterocycles. The highest BCUT2D eigenvalue weighted by molar-refractivity contribution is 5.85. The number of nitrogens with two attached hydrogens (primary N) is 1. The molecule has 160 valence electrons. The first-order valence-electron chi connectivity index (χ1n) is 10.5. The number of rotatable bonds is 5. The molecule has 2 aromatic rings. The molecule has 5 heteroatoms. The molecule has 2 amide bonds. The number of hydrogen-bond acceptors (Lipinski definition) is 3. The lowest BCUT2D eigenvalue weighted by Gasteiger charge is -2.42. The zero-order valence-electron chi connectivity index (χ0n) is 18.4. The minimum atomic E-state index is -0.721. The Morgan fingerprint density at radius 3 is 2.10 bits per heavy atom. The number of carbonyl (C=O) groups excluding carboxylic acids is 2. The van der Waals surface area contributed by atoms with E-state index in [0.29, 0.717) is 25.9 Å². The van der Waals surface area contributed by atoms with Crippen molar-refractivity contribution in [3.05, 3.63) is 54.1 Å². The Bertz CT molecular complexity index is 897. The SMILES string of the molecule is COc1ccc(-c2ccc(CC3(C(N)=O)CCCN(C(=O)C(C)(C)C)C3)cc2)cc1. The van der Waals surface area contributed by atoms with Gasteiger partial charge in [-0.05, 0) is 48.1 Å². The van der Waals surface area contributed by atoms with E-state index in [2.05, 4.69) is 24.3 Å². The summed E-state index contributed by atoms with van der Waals surface area (Å²) in [5, 5.41) is 0. The number of carbonyl (C=O) groups is 2. The van der Waals surface area contributed by atoms with Crippen LogP contribution in [-0.2, 0) is 16.0 Å². The van der Waals surface area contributed by atoms with Crippen molar-refractivity contribution in [2.24, 2.45) is 16.6 Å². The number of primary amides is 1. The van der Waals surface area contributed by atoms with Crippen LogP contribution in [0.5, 0.6) is 5.75 Å². The van der Waals surface area contributed by atoms with Crippen molar-refractivity contribution in [1.29, 1.82) is 0 Å². The number of hydrogen-bond donors (Lipinski definition) is 1. The van der Waals surface area contributed by atoms with Crippen LogP contribution in [0.3, 0.4) is 0 Å². The van der Waals surface area contributed by atoms with Gasteiger partial charge in [-0.25, -0.2) is 0 Å². The zero-order valence-corrected chi connectivity index (χ0v) is 18.4. The first kappa shape index (κ1) is 21.9. The van der Waals surface area contributed by atoms with Gasteiger partial charge in [-0.1, -0.05) is 57.2 Å². The smallest absolute Gasteiger partial charge is 0.227 e. The van der Waals surface area contributed by atoms with E-state index >= 15 is 0 Å². The fourth-order valence-corrected chi connectivity index (χ4v) is 4.20. The molecule has 1 aliphatic rings. The molecule has 1 heterocycles. The van der Waals surface area contributed by atoms with Gasteiger partial charge < -0.3 is 15.4 Å². The number of benzene rings is 2. The van der Waals surface area contributed by atoms with Crippen LogP contribution >= 0.6 is 0 Å². The topological polar surface area (TPSA) is 72.6 Å². The lowest BCUT2D eigenvalue weighted by molar-refractivity contribution is -0.146. The van der Waals surface area contributed by atoms with Gasteiger partial charge in [-0.2, -0.15) is 0 Å². The third kappa shape index (κ3) is 4.66. The number of ether oxygens (including phenoxy) is 1. The molecule has 2 N–H and O–H groups in total. The molecule has 0 bridgehead atoms. The van der Waals surface area contributed by atoms with Crippen molar-refractivity contribution in [3.8, 4) is 16.9 Å². The van der Waals surface area contributed by atoms with Gasteiger partial charge in [-0.3, -0.25) is 9.59 Å². The van der Waals surface area contributed by atoms with Crippen LogP contribution in [0.25, 0.3) is 11.1 Å². The van der Waals surface area contributed by atoms with Gasteiger partial charge in [0, 0.05) is 18.5 Å². The number of amides is 2. The minimum Gasteiger partial charge on any atom is -0.497 e. The summed E-state index contributed by atoms with van der Waals surface area (Å²) >= 11 is 0. The molecule has 0 radical (unpaired) electrons. The predicted molar refractivity (Wildman–Crippen MR) is 119 cm³/mol. The molecule has 5 nitrogen and oxygen atoms in total. The molecule has 2 aromatic carbocycles. The van der Waals surface area contributed by atoms with E-state index in [4.69, 9.17) is 10.5 Å². The van der Waals surface area contributed by atoms with Crippen LogP contribution in [-0.4, -0.2) is 36.9 Å². The van der Waals surface area contributed by atoms with Crippen molar-refractivity contribution in [2.45, 2.75) is 40.0 Å². The number of nitrogens with zero attached hydrogens (tertiary/aromatic N) is 1. The lowest BCUT2D eigenvalue weighted by Crippen LogP contribution is -2.55. The maximum Gasteiger partial charge on any atom is 0.227 e. The van der Waals surface area contributed by atoms with E-state index in [9.17, 15) is 9.59 Å². The second kappa shape index (κ2) is 8.50. The second-order valence-corrected chi connectivity index (χ2v) is 9.33. The van der Waals surface area contributed by atoms with Crippen LogP contribution in [0.2, 0.25) is 0 Å². The average molecular weight is 409 g/mol. The molecule has 3 rings (SSSR count). The van der Waals surface area contributed by atoms with Gasteiger partial charge in [0.2, 0.25) is 11.8 Å². The summed E-state index contributed by atoms with van der Waals surface area (Å²) in [6.07, 6.45) is 2.03. The third-order valence-electron chi connectivity index (χ3n) is 5.95. The van der Waals surface area contributed by atoms with Gasteiger partial charge >= 0.3 is 0 Å². The van der Waals surface area contributed by atoms with E-state index in [1.807, 2.05) is 49.9 Å². The van der Waals surface area contributed by atoms with E-state index < -0.39 is 10.8 Å². The molecular weight excluding hydrogens is 376 g/mol. The second-order valence-electron chi connectivity index (χ2n) is 9.33. The maximum absolute atomic E-state index is 12.8. The van der Waals surface area contributed by atoms with Crippen molar-refractivity contribution in [1.82, 2.24) is 4.90 Å². The Kier molecular flexibility index (Phi) is 6.20. The highest BCUT2D eigenvalue weighted by atomic mass is 16.5. The average Bonchev–Trinajstić information content (AvgIpc) is 2.73. The maximum atomic E-state index is 12.8. The van der Waals surface area contributed by atoms with E-state index in [1.165, 1.54) is 0 Å². The summed E-state index contributed by atoms with van der Waals surface area (Å²) in [4.78, 5) is 27.1. The molecule has 0 saturated carbocycles. The van der Waals surface area contributed by atoms with Crippen molar-refractivity contribution >= 4 is 11.8 Å². The minimum absolute atomic E-state index is 0.0719. The molecule has 30 heavy (non-hydrogen) atoms. The number of likely N-dealkylation sites (tertiary alicyclic amines) is 1. The molecule has 1 atom stereocenters. The normalized spacial score (nSPS) is 19.4. The first-order chi connectivity index (χ1) is 14.1. The zero-order chi connectivity index (χ0) is 21.9. The summed E-state index contributed by atoms with van der Waals surface area (Å²) < 4.78 is 5.22. The van der Waals surface area contributed by atoms with Crippen LogP contribution < -0.4 is 10.5 Å². The van der Waals surface area contributed by atoms with E-state index in [0.717, 1.165) is 28.9 Å². The van der Waals surface area contributed by atoms with Gasteiger partial charge in [0.1, 0.15) is 5.75 Å². The van der Waals surface area contributed by atoms with Gasteiger partial charge in [0.15, 0.2) is 0 Å². The Labute approximate surface area is 179 Å². The number of methoxy groups -OCH3 is 1. The summed E-state index contributed by atoms with van der Waals surface area (Å²) in [7, 11) is 1.65. The van der Waals surface area contributed by atoms with Crippen LogP contribution in [0.4, 0.5) is 0 Å². The molecule has 1 aliphatic heterocycles. The highest BCUT2D eigenvalue weighted by Crippen LogP contribution is 2.36. The van der Waals surface area contributed by atoms with Crippen molar-refractivity contribution in [2.75, 3.05) is 20.2 Å². The Hall–Kier alpha value is -2.82. The van der Waals surface area contributed by atoms with Crippen molar-refractivity contribution < 1.29 is 14.3 Å². The van der Waals surface area contributed by atoms with Crippen LogP contribution in [0.15, 0.2) is 48.5 Å². The highest BCUT2D eigenvalue weighted by Gasteiger charge is 2.43. The van der Waals surface area contributed by atoms with E-state index in [1.54, 1.807) is 7.11 Å². The Morgan fingerprint density at radius 2 is 1.60 bits per heavy atom. The largest absolute Gasteiger partial charge is 0.497 e. The summed E-state index contributed by atoms with van der Waals surface area (Å²) in [6, 6.07) is 16.1. The van der Waals surface area contributed by atoms with Gasteiger partial charge in [0.05, 0.1) is 12.5 Å². The van der Waals surface area contributed by atoms with Gasteiger partial charge in [0.25, 0.3) is 0 Å². The molecule has 1 fully saturated rings. The third-order valence-corrected chi connectivity index (χ3v) is 5.95. The Morgan fingerprint density at radius 1 is 1.03 bits per heavy atom. The first-order valence-corrected chi connectivity index (χ1v) is 10.5. The van der Waals surface area contributed by atoms with Gasteiger partial charge in [-0.15, -0.1) is 0 Å². The molecule has 0 aliphatic carbocycles. The van der Waals surface area contributed by atoms with Crippen LogP contribution in [0.1, 0.15) is 39.2 Å². The standard InChI is InChI=1S/C25H32N2O3/c1-24(2,3)23(29)27-15-5-14-25(17-27,22(26)28)16-18-6-8-19(9-7-18)20-10-12-21(30-4)13-11-20/h6-13H,5,14-17H2,1-4H3,(H2,26,28). The quantitative estimate of drug-likeness (QED) is 0.811. The molecule has 0 spiro atoms.